The maximum atomic E-state index is 12.1. The number of hydrogen-bond donors (Lipinski definition) is 2. The topological polar surface area (TPSA) is 58.2 Å². The number of benzene rings is 3. The van der Waals surface area contributed by atoms with Crippen LogP contribution in [0.2, 0.25) is 5.02 Å². The van der Waals surface area contributed by atoms with Crippen molar-refractivity contribution in [1.29, 1.82) is 0 Å². The van der Waals surface area contributed by atoms with Crippen LogP contribution in [0, 0.1) is 0 Å². The molecule has 2 amide bonds. The third kappa shape index (κ3) is 6.44. The Morgan fingerprint density at radius 1 is 0.750 bits per heavy atom. The Morgan fingerprint density at radius 2 is 1.32 bits per heavy atom. The zero-order chi connectivity index (χ0) is 19.8. The Morgan fingerprint density at radius 3 is 1.96 bits per heavy atom. The van der Waals surface area contributed by atoms with Gasteiger partial charge in [-0.15, -0.1) is 11.8 Å². The average molecular weight is 411 g/mol. The summed E-state index contributed by atoms with van der Waals surface area (Å²) >= 11 is 7.26. The van der Waals surface area contributed by atoms with E-state index in [-0.39, 0.29) is 11.8 Å². The van der Waals surface area contributed by atoms with E-state index in [1.807, 2.05) is 54.6 Å². The first-order valence-electron chi connectivity index (χ1n) is 8.70. The second kappa shape index (κ2) is 9.97. The molecular formula is C22H19ClN2O2S. The molecular weight excluding hydrogens is 392 g/mol. The van der Waals surface area contributed by atoms with E-state index in [1.54, 1.807) is 24.3 Å². The van der Waals surface area contributed by atoms with Gasteiger partial charge in [0, 0.05) is 21.3 Å². The molecule has 0 spiro atoms. The second-order valence-corrected chi connectivity index (χ2v) is 7.56. The molecule has 0 atom stereocenters. The summed E-state index contributed by atoms with van der Waals surface area (Å²) in [6.45, 7) is 0. The van der Waals surface area contributed by atoms with Crippen LogP contribution in [-0.2, 0) is 16.0 Å². The first-order valence-corrected chi connectivity index (χ1v) is 10.1. The number of hydrogen-bond acceptors (Lipinski definition) is 3. The summed E-state index contributed by atoms with van der Waals surface area (Å²) in [4.78, 5) is 25.1. The van der Waals surface area contributed by atoms with Crippen molar-refractivity contribution in [2.45, 2.75) is 11.3 Å². The molecule has 0 radical (unpaired) electrons. The lowest BCUT2D eigenvalue weighted by atomic mass is 10.1. The number of amides is 2. The molecule has 142 valence electrons. The van der Waals surface area contributed by atoms with E-state index >= 15 is 0 Å². The van der Waals surface area contributed by atoms with E-state index < -0.39 is 0 Å². The fourth-order valence-corrected chi connectivity index (χ4v) is 3.32. The van der Waals surface area contributed by atoms with Gasteiger partial charge < -0.3 is 10.6 Å². The smallest absolute Gasteiger partial charge is 0.234 e. The highest BCUT2D eigenvalue weighted by molar-refractivity contribution is 8.00. The van der Waals surface area contributed by atoms with Crippen LogP contribution in [0.1, 0.15) is 5.56 Å². The van der Waals surface area contributed by atoms with Gasteiger partial charge in [-0.25, -0.2) is 0 Å². The van der Waals surface area contributed by atoms with Crippen molar-refractivity contribution in [2.24, 2.45) is 0 Å². The second-order valence-electron chi connectivity index (χ2n) is 6.08. The minimum atomic E-state index is -0.0902. The molecule has 0 aliphatic carbocycles. The number of anilines is 2. The molecule has 0 bridgehead atoms. The van der Waals surface area contributed by atoms with Crippen LogP contribution < -0.4 is 10.6 Å². The molecule has 6 heteroatoms. The predicted octanol–water partition coefficient (Wildman–Crippen LogP) is 5.25. The lowest BCUT2D eigenvalue weighted by Crippen LogP contribution is -2.14. The molecule has 3 rings (SSSR count). The lowest BCUT2D eigenvalue weighted by Gasteiger charge is -2.07. The number of carbonyl (C=O) groups is 2. The minimum Gasteiger partial charge on any atom is -0.326 e. The Balaban J connectivity index is 1.45. The van der Waals surface area contributed by atoms with Gasteiger partial charge in [0.1, 0.15) is 0 Å². The first kappa shape index (κ1) is 20.0. The van der Waals surface area contributed by atoms with Crippen molar-refractivity contribution < 1.29 is 9.59 Å². The van der Waals surface area contributed by atoms with E-state index in [9.17, 15) is 9.59 Å². The van der Waals surface area contributed by atoms with E-state index in [2.05, 4.69) is 10.6 Å². The highest BCUT2D eigenvalue weighted by Gasteiger charge is 2.06. The number of rotatable bonds is 7. The van der Waals surface area contributed by atoms with Gasteiger partial charge in [0.2, 0.25) is 11.8 Å². The SMILES string of the molecule is O=C(CSc1ccc(NC(=O)Cc2ccccc2)cc1)Nc1ccc(Cl)cc1. The molecule has 0 saturated heterocycles. The van der Waals surface area contributed by atoms with E-state index in [4.69, 9.17) is 11.6 Å². The standard InChI is InChI=1S/C22H19ClN2O2S/c23-17-6-8-18(9-7-17)25-22(27)15-28-20-12-10-19(11-13-20)24-21(26)14-16-4-2-1-3-5-16/h1-13H,14-15H2,(H,24,26)(H,25,27). The fourth-order valence-electron chi connectivity index (χ4n) is 2.50. The molecule has 0 aliphatic heterocycles. The fraction of sp³-hybridized carbons (Fsp3) is 0.0909. The molecule has 3 aromatic carbocycles. The Bertz CT molecular complexity index is 929. The van der Waals surface area contributed by atoms with Crippen molar-refractivity contribution in [3.05, 3.63) is 89.4 Å². The molecule has 0 saturated carbocycles. The highest BCUT2D eigenvalue weighted by Crippen LogP contribution is 2.21. The van der Waals surface area contributed by atoms with Crippen molar-refractivity contribution >= 4 is 46.6 Å². The Labute approximate surface area is 173 Å². The monoisotopic (exact) mass is 410 g/mol. The van der Waals surface area contributed by atoms with Gasteiger partial charge in [0.25, 0.3) is 0 Å². The zero-order valence-electron chi connectivity index (χ0n) is 15.0. The molecule has 0 aromatic heterocycles. The summed E-state index contributed by atoms with van der Waals surface area (Å²) in [5, 5.41) is 6.33. The summed E-state index contributed by atoms with van der Waals surface area (Å²) in [6, 6.07) is 24.0. The van der Waals surface area contributed by atoms with Crippen LogP contribution in [0.5, 0.6) is 0 Å². The quantitative estimate of drug-likeness (QED) is 0.523. The molecule has 0 aliphatic rings. The maximum absolute atomic E-state index is 12.1. The zero-order valence-corrected chi connectivity index (χ0v) is 16.6. The van der Waals surface area contributed by atoms with Gasteiger partial charge in [-0.05, 0) is 54.1 Å². The highest BCUT2D eigenvalue weighted by atomic mass is 35.5. The van der Waals surface area contributed by atoms with Gasteiger partial charge >= 0.3 is 0 Å². The first-order chi connectivity index (χ1) is 13.6. The molecule has 28 heavy (non-hydrogen) atoms. The number of thioether (sulfide) groups is 1. The van der Waals surface area contributed by atoms with Gasteiger partial charge in [-0.1, -0.05) is 41.9 Å². The van der Waals surface area contributed by atoms with E-state index in [1.165, 1.54) is 11.8 Å². The van der Waals surface area contributed by atoms with Crippen LogP contribution in [-0.4, -0.2) is 17.6 Å². The predicted molar refractivity (Wildman–Crippen MR) is 116 cm³/mol. The van der Waals surface area contributed by atoms with Gasteiger partial charge in [0.15, 0.2) is 0 Å². The van der Waals surface area contributed by atoms with Crippen LogP contribution >= 0.6 is 23.4 Å². The van der Waals surface area contributed by atoms with E-state index in [0.717, 1.165) is 16.1 Å². The molecule has 4 nitrogen and oxygen atoms in total. The summed E-state index contributed by atoms with van der Waals surface area (Å²) in [6.07, 6.45) is 0.336. The maximum Gasteiger partial charge on any atom is 0.234 e. The normalized spacial score (nSPS) is 10.3. The minimum absolute atomic E-state index is 0.0612. The number of carbonyl (C=O) groups excluding carboxylic acids is 2. The molecule has 3 aromatic rings. The van der Waals surface area contributed by atoms with Gasteiger partial charge in [-0.3, -0.25) is 9.59 Å². The van der Waals surface area contributed by atoms with Crippen LogP contribution in [0.3, 0.4) is 0 Å². The van der Waals surface area contributed by atoms with Gasteiger partial charge in [-0.2, -0.15) is 0 Å². The van der Waals surface area contributed by atoms with E-state index in [0.29, 0.717) is 22.9 Å². The van der Waals surface area contributed by atoms with Crippen molar-refractivity contribution in [2.75, 3.05) is 16.4 Å². The van der Waals surface area contributed by atoms with Crippen LogP contribution in [0.15, 0.2) is 83.8 Å². The van der Waals surface area contributed by atoms with Crippen LogP contribution in [0.4, 0.5) is 11.4 Å². The molecule has 0 fully saturated rings. The van der Waals surface area contributed by atoms with Crippen molar-refractivity contribution in [1.82, 2.24) is 0 Å². The van der Waals surface area contributed by atoms with Crippen molar-refractivity contribution in [3.8, 4) is 0 Å². The van der Waals surface area contributed by atoms with Gasteiger partial charge in [0.05, 0.1) is 12.2 Å². The molecule has 0 unspecified atom stereocenters. The largest absolute Gasteiger partial charge is 0.326 e. The Kier molecular flexibility index (Phi) is 7.12. The van der Waals surface area contributed by atoms with Crippen LogP contribution in [0.25, 0.3) is 0 Å². The summed E-state index contributed by atoms with van der Waals surface area (Å²) in [5.74, 6) is 0.143. The summed E-state index contributed by atoms with van der Waals surface area (Å²) in [7, 11) is 0. The number of nitrogens with one attached hydrogen (secondary N) is 2. The lowest BCUT2D eigenvalue weighted by molar-refractivity contribution is -0.115. The average Bonchev–Trinajstić information content (AvgIpc) is 2.70. The summed E-state index contributed by atoms with van der Waals surface area (Å²) in [5.41, 5.74) is 2.42. The number of halogens is 1. The molecule has 2 N–H and O–H groups in total. The van der Waals surface area contributed by atoms with Crippen molar-refractivity contribution in [3.63, 3.8) is 0 Å². The molecule has 0 heterocycles. The Hall–Kier alpha value is -2.76. The third-order valence-corrected chi connectivity index (χ3v) is 5.11. The third-order valence-electron chi connectivity index (χ3n) is 3.84. The summed E-state index contributed by atoms with van der Waals surface area (Å²) < 4.78 is 0.